The van der Waals surface area contributed by atoms with Gasteiger partial charge in [-0.2, -0.15) is 0 Å². The highest BCUT2D eigenvalue weighted by Crippen LogP contribution is 2.25. The fraction of sp³-hybridized carbons (Fsp3) is 0.611. The Hall–Kier alpha value is -8.45. The molecule has 22 N–H and O–H groups in total. The molecule has 2 aromatic rings. The molecule has 1 aliphatic rings. The normalized spacial score (nSPS) is 16.2. The van der Waals surface area contributed by atoms with Gasteiger partial charge in [-0.3, -0.25) is 57.9 Å². The summed E-state index contributed by atoms with van der Waals surface area (Å²) in [5.41, 5.74) is 28.6. The van der Waals surface area contributed by atoms with Gasteiger partial charge in [-0.1, -0.05) is 69.9 Å². The van der Waals surface area contributed by atoms with Crippen molar-refractivity contribution in [1.82, 2.24) is 57.4 Å². The molecule has 1 heterocycles. The lowest BCUT2D eigenvalue weighted by Crippen LogP contribution is -2.63. The largest absolute Gasteiger partial charge is 0.480 e. The van der Waals surface area contributed by atoms with E-state index in [-0.39, 0.29) is 63.2 Å². The SMILES string of the molecule is CCC(C)[C@H](NC(=O)[C@@H](CCCN=C(N)N)NC(=O)CNC(=O)[C@@H](NC(=O)[C@@H](NC(=O)[C@H](Cc1cnc[nH]1)NC(=O)[C@@H](Cc1ccccc1)NC(=O)[C@H](C)NC(=O)[C@@H](N)CCCN=C(N)N)[C@@H](C)O)[C@@H](C)O)C(=O)N(CC(=O)O)C1CCCCC1. The van der Waals surface area contributed by atoms with Gasteiger partial charge in [0.2, 0.25) is 53.2 Å². The van der Waals surface area contributed by atoms with Crippen molar-refractivity contribution in [3.63, 3.8) is 0 Å². The molecule has 0 aliphatic heterocycles. The molecule has 0 spiro atoms. The lowest BCUT2D eigenvalue weighted by Gasteiger charge is -2.37. The average Bonchev–Trinajstić information content (AvgIpc) is 4.02. The topological polar surface area (TPSA) is 514 Å². The van der Waals surface area contributed by atoms with E-state index in [1.807, 2.05) is 0 Å². The van der Waals surface area contributed by atoms with Crippen LogP contribution in [0.15, 0.2) is 52.8 Å². The lowest BCUT2D eigenvalue weighted by atomic mass is 9.91. The van der Waals surface area contributed by atoms with Gasteiger partial charge < -0.3 is 96.4 Å². The van der Waals surface area contributed by atoms with Crippen LogP contribution < -0.4 is 71.2 Å². The van der Waals surface area contributed by atoms with Crippen molar-refractivity contribution in [2.45, 2.75) is 178 Å². The van der Waals surface area contributed by atoms with Gasteiger partial charge in [0.1, 0.15) is 48.8 Å². The smallest absolute Gasteiger partial charge is 0.323 e. The third-order valence-electron chi connectivity index (χ3n) is 14.1. The van der Waals surface area contributed by atoms with Crippen LogP contribution in [-0.4, -0.2) is 194 Å². The maximum atomic E-state index is 14.3. The molecule has 1 aromatic carbocycles. The third kappa shape index (κ3) is 25.1. The summed E-state index contributed by atoms with van der Waals surface area (Å²) >= 11 is 0. The van der Waals surface area contributed by atoms with Gasteiger partial charge in [-0.25, -0.2) is 4.98 Å². The Labute approximate surface area is 493 Å². The van der Waals surface area contributed by atoms with E-state index in [4.69, 9.17) is 28.7 Å². The maximum Gasteiger partial charge on any atom is 0.323 e. The molecule has 1 saturated carbocycles. The first-order valence-corrected chi connectivity index (χ1v) is 28.4. The van der Waals surface area contributed by atoms with E-state index in [9.17, 15) is 63.3 Å². The third-order valence-corrected chi connectivity index (χ3v) is 14.1. The van der Waals surface area contributed by atoms with Crippen molar-refractivity contribution < 1.29 is 63.3 Å². The first-order valence-electron chi connectivity index (χ1n) is 28.4. The number of hydrogen-bond donors (Lipinski definition) is 17. The number of aliphatic hydroxyl groups is 2. The Morgan fingerprint density at radius 1 is 0.659 bits per heavy atom. The van der Waals surface area contributed by atoms with Crippen molar-refractivity contribution in [3.8, 4) is 0 Å². The number of aromatic nitrogens is 2. The zero-order valence-corrected chi connectivity index (χ0v) is 48.9. The summed E-state index contributed by atoms with van der Waals surface area (Å²) in [5, 5.41) is 51.4. The highest BCUT2D eigenvalue weighted by atomic mass is 16.4. The summed E-state index contributed by atoms with van der Waals surface area (Å²) in [6.07, 6.45) is 3.77. The van der Waals surface area contributed by atoms with Crippen LogP contribution in [0, 0.1) is 5.92 Å². The number of carbonyl (C=O) groups is 10. The molecule has 0 bridgehead atoms. The zero-order valence-electron chi connectivity index (χ0n) is 48.9. The number of aromatic amines is 1. The van der Waals surface area contributed by atoms with Crippen LogP contribution in [0.2, 0.25) is 0 Å². The highest BCUT2D eigenvalue weighted by molar-refractivity contribution is 5.98. The predicted molar refractivity (Wildman–Crippen MR) is 311 cm³/mol. The molecule has 85 heavy (non-hydrogen) atoms. The number of guanidine groups is 2. The first kappa shape index (κ1) is 70.8. The Bertz CT molecular complexity index is 2570. The second kappa shape index (κ2) is 36.3. The molecule has 1 aliphatic carbocycles. The van der Waals surface area contributed by atoms with Crippen LogP contribution in [-0.2, 0) is 60.8 Å². The molecular formula is C54H88N18O13. The van der Waals surface area contributed by atoms with Crippen LogP contribution in [0.3, 0.4) is 0 Å². The molecule has 1 fully saturated rings. The number of nitrogens with two attached hydrogens (primary N) is 5. The quantitative estimate of drug-likeness (QED) is 0.0173. The Morgan fingerprint density at radius 2 is 1.20 bits per heavy atom. The Kier molecular flexibility index (Phi) is 30.2. The minimum absolute atomic E-state index is 0.0459. The molecule has 31 nitrogen and oxygen atoms in total. The van der Waals surface area contributed by atoms with E-state index < -0.39 is 139 Å². The molecule has 3 rings (SSSR count). The van der Waals surface area contributed by atoms with E-state index in [2.05, 4.69) is 62.5 Å². The summed E-state index contributed by atoms with van der Waals surface area (Å²) in [4.78, 5) is 152. The predicted octanol–water partition coefficient (Wildman–Crippen LogP) is -4.79. The number of amides is 9. The Morgan fingerprint density at radius 3 is 1.76 bits per heavy atom. The monoisotopic (exact) mass is 1200 g/mol. The van der Waals surface area contributed by atoms with Crippen LogP contribution in [0.5, 0.6) is 0 Å². The Balaban J connectivity index is 1.79. The van der Waals surface area contributed by atoms with E-state index in [0.717, 1.165) is 33.1 Å². The van der Waals surface area contributed by atoms with E-state index >= 15 is 0 Å². The number of imidazole rings is 1. The number of carboxylic acids is 1. The highest BCUT2D eigenvalue weighted by Gasteiger charge is 2.38. The summed E-state index contributed by atoms with van der Waals surface area (Å²) in [5.74, 6) is -9.99. The summed E-state index contributed by atoms with van der Waals surface area (Å²) in [6.45, 7) is 6.06. The number of nitrogens with one attached hydrogen (secondary N) is 9. The second-order valence-electron chi connectivity index (χ2n) is 21.1. The van der Waals surface area contributed by atoms with Gasteiger partial charge in [-0.05, 0) is 70.8 Å². The number of rotatable bonds is 36. The summed E-state index contributed by atoms with van der Waals surface area (Å²) < 4.78 is 0. The van der Waals surface area contributed by atoms with Crippen LogP contribution in [0.4, 0.5) is 0 Å². The summed E-state index contributed by atoms with van der Waals surface area (Å²) in [6, 6.07) is -3.12. The molecule has 11 atom stereocenters. The standard InChI is InChI=1S/C54H88N18O13/c1-6-29(2)42(52(85)72(27-41(76)77)35-17-11-8-12-18-35)69-47(80)37(20-14-22-62-54(58)59)66-40(75)26-63-50(83)43(31(4)73)71-51(84)44(32(5)74)70-49(82)39(24-34-25-60-28-64-34)68-48(81)38(23-33-15-9-7-10-16-33)67-45(78)30(3)65-46(79)36(55)19-13-21-61-53(56)57/h7,9-10,15-16,25,28-32,35-39,42-44,73-74H,6,8,11-14,17-24,26-27,55H2,1-5H3,(H,60,64)(H,63,83)(H,65,79)(H,66,75)(H,67,78)(H,68,81)(H,69,80)(H,70,82)(H,71,84)(H,76,77)(H4,56,57,61)(H4,58,59,62)/t29?,30-,31+,32+,36-,37+,38+,39-,42-,43-,44-/m0/s1. The maximum absolute atomic E-state index is 14.3. The van der Waals surface area contributed by atoms with Crippen molar-refractivity contribution in [2.75, 3.05) is 26.2 Å². The van der Waals surface area contributed by atoms with Crippen LogP contribution in [0.25, 0.3) is 0 Å². The number of carboxylic acid groups (broad SMARTS) is 1. The second-order valence-corrected chi connectivity index (χ2v) is 21.1. The van der Waals surface area contributed by atoms with E-state index in [0.29, 0.717) is 36.9 Å². The number of aliphatic carboxylic acids is 1. The van der Waals surface area contributed by atoms with Crippen molar-refractivity contribution in [1.29, 1.82) is 0 Å². The number of aliphatic imine (C=N–C) groups is 2. The molecule has 472 valence electrons. The van der Waals surface area contributed by atoms with Gasteiger partial charge in [0, 0.05) is 43.9 Å². The lowest BCUT2D eigenvalue weighted by molar-refractivity contribution is -0.149. The van der Waals surface area contributed by atoms with Gasteiger partial charge in [-0.15, -0.1) is 0 Å². The van der Waals surface area contributed by atoms with Gasteiger partial charge >= 0.3 is 5.97 Å². The molecule has 0 radical (unpaired) electrons. The molecule has 1 unspecified atom stereocenters. The molecule has 1 aromatic heterocycles. The van der Waals surface area contributed by atoms with E-state index in [1.165, 1.54) is 24.3 Å². The van der Waals surface area contributed by atoms with Gasteiger partial charge in [0.15, 0.2) is 11.9 Å². The van der Waals surface area contributed by atoms with Crippen LogP contribution >= 0.6 is 0 Å². The van der Waals surface area contributed by atoms with Crippen molar-refractivity contribution in [3.05, 3.63) is 54.1 Å². The van der Waals surface area contributed by atoms with Gasteiger partial charge in [0.25, 0.3) is 0 Å². The number of H-pyrrole nitrogens is 1. The zero-order chi connectivity index (χ0) is 63.3. The molecule has 0 saturated heterocycles. The van der Waals surface area contributed by atoms with Crippen molar-refractivity contribution in [2.24, 2.45) is 44.6 Å². The number of nitrogens with zero attached hydrogens (tertiary/aromatic N) is 4. The minimum atomic E-state index is -1.85. The average molecular weight is 1200 g/mol. The van der Waals surface area contributed by atoms with Crippen molar-refractivity contribution >= 4 is 71.1 Å². The number of benzene rings is 1. The molecule has 9 amide bonds. The van der Waals surface area contributed by atoms with Crippen LogP contribution in [0.1, 0.15) is 110 Å². The minimum Gasteiger partial charge on any atom is -0.480 e. The molecular weight excluding hydrogens is 1110 g/mol. The van der Waals surface area contributed by atoms with E-state index in [1.54, 1.807) is 44.2 Å². The summed E-state index contributed by atoms with van der Waals surface area (Å²) in [7, 11) is 0. The fourth-order valence-corrected chi connectivity index (χ4v) is 9.13. The first-order chi connectivity index (χ1) is 40.2. The van der Waals surface area contributed by atoms with Gasteiger partial charge in [0.05, 0.1) is 31.1 Å². The number of hydrogen-bond acceptors (Lipinski definition) is 16. The number of aliphatic hydroxyl groups excluding tert-OH is 2. The fourth-order valence-electron chi connectivity index (χ4n) is 9.13. The molecule has 31 heteroatoms. The number of carbonyl (C=O) groups excluding carboxylic acids is 9.